The lowest BCUT2D eigenvalue weighted by atomic mass is 10.1. The molecule has 0 saturated heterocycles. The summed E-state index contributed by atoms with van der Waals surface area (Å²) in [4.78, 5) is 0. The van der Waals surface area contributed by atoms with Gasteiger partial charge in [0.1, 0.15) is 11.9 Å². The Bertz CT molecular complexity index is 575. The molecule has 4 heteroatoms. The number of nitrogens with one attached hydrogen (secondary N) is 1. The Morgan fingerprint density at radius 3 is 2.95 bits per heavy atom. The highest BCUT2D eigenvalue weighted by Crippen LogP contribution is 2.29. The van der Waals surface area contributed by atoms with Gasteiger partial charge in [0.2, 0.25) is 0 Å². The average Bonchev–Trinajstić information content (AvgIpc) is 2.82. The maximum absolute atomic E-state index is 5.93. The molecular weight excluding hydrogens is 304 g/mol. The second-order valence-electron chi connectivity index (χ2n) is 4.66. The van der Waals surface area contributed by atoms with Crippen LogP contribution in [0.4, 0.5) is 11.4 Å². The third-order valence-corrected chi connectivity index (χ3v) is 3.74. The minimum Gasteiger partial charge on any atom is -0.488 e. The smallest absolute Gasteiger partial charge is 0.123 e. The van der Waals surface area contributed by atoms with Gasteiger partial charge >= 0.3 is 0 Å². The number of para-hydroxylation sites is 1. The minimum absolute atomic E-state index is 0.163. The van der Waals surface area contributed by atoms with Gasteiger partial charge in [-0.15, -0.1) is 0 Å². The molecule has 1 aliphatic heterocycles. The van der Waals surface area contributed by atoms with Crippen LogP contribution in [-0.2, 0) is 6.42 Å². The number of nitrogen functional groups attached to an aromatic ring is 1. The zero-order chi connectivity index (χ0) is 13.2. The van der Waals surface area contributed by atoms with E-state index >= 15 is 0 Å². The Kier molecular flexibility index (Phi) is 3.34. The molecule has 2 aromatic carbocycles. The Balaban J connectivity index is 1.64. The number of hydrogen-bond acceptors (Lipinski definition) is 3. The molecule has 3 rings (SSSR count). The molecule has 1 atom stereocenters. The molecule has 19 heavy (non-hydrogen) atoms. The van der Waals surface area contributed by atoms with Crippen molar-refractivity contribution in [1.82, 2.24) is 0 Å². The molecule has 1 heterocycles. The third kappa shape index (κ3) is 2.68. The van der Waals surface area contributed by atoms with E-state index in [0.29, 0.717) is 0 Å². The van der Waals surface area contributed by atoms with Crippen LogP contribution < -0.4 is 15.8 Å². The van der Waals surface area contributed by atoms with Gasteiger partial charge in [-0.2, -0.15) is 0 Å². The average molecular weight is 319 g/mol. The van der Waals surface area contributed by atoms with E-state index in [4.69, 9.17) is 10.5 Å². The fourth-order valence-electron chi connectivity index (χ4n) is 2.27. The molecule has 2 aromatic rings. The van der Waals surface area contributed by atoms with Crippen molar-refractivity contribution in [2.45, 2.75) is 12.5 Å². The quantitative estimate of drug-likeness (QED) is 0.852. The van der Waals surface area contributed by atoms with Crippen LogP contribution in [0.15, 0.2) is 46.9 Å². The third-order valence-electron chi connectivity index (χ3n) is 3.25. The highest BCUT2D eigenvalue weighted by atomic mass is 79.9. The number of halogens is 1. The first-order valence-corrected chi connectivity index (χ1v) is 7.05. The highest BCUT2D eigenvalue weighted by Gasteiger charge is 2.21. The molecular formula is C15H15BrN2O. The van der Waals surface area contributed by atoms with E-state index in [1.807, 2.05) is 36.4 Å². The summed E-state index contributed by atoms with van der Waals surface area (Å²) in [7, 11) is 0. The lowest BCUT2D eigenvalue weighted by Gasteiger charge is -2.14. The van der Waals surface area contributed by atoms with E-state index in [2.05, 4.69) is 27.3 Å². The maximum atomic E-state index is 5.93. The number of nitrogens with two attached hydrogens (primary N) is 1. The van der Waals surface area contributed by atoms with Crippen molar-refractivity contribution in [2.75, 3.05) is 17.6 Å². The van der Waals surface area contributed by atoms with Crippen LogP contribution in [0.3, 0.4) is 0 Å². The van der Waals surface area contributed by atoms with Gasteiger partial charge in [-0.05, 0) is 29.8 Å². The molecule has 0 fully saturated rings. The number of anilines is 2. The molecule has 3 nitrogen and oxygen atoms in total. The molecule has 3 N–H and O–H groups in total. The largest absolute Gasteiger partial charge is 0.488 e. The van der Waals surface area contributed by atoms with Crippen molar-refractivity contribution in [2.24, 2.45) is 0 Å². The van der Waals surface area contributed by atoms with E-state index in [1.54, 1.807) is 0 Å². The molecule has 0 saturated carbocycles. The summed E-state index contributed by atoms with van der Waals surface area (Å²) < 4.78 is 6.90. The fraction of sp³-hybridized carbons (Fsp3) is 0.200. The van der Waals surface area contributed by atoms with Gasteiger partial charge in [-0.3, -0.25) is 0 Å². The van der Waals surface area contributed by atoms with Crippen molar-refractivity contribution in [3.05, 3.63) is 52.5 Å². The topological polar surface area (TPSA) is 47.3 Å². The Hall–Kier alpha value is -1.68. The molecule has 0 radical (unpaired) electrons. The van der Waals surface area contributed by atoms with Gasteiger partial charge in [0.15, 0.2) is 0 Å². The zero-order valence-corrected chi connectivity index (χ0v) is 12.0. The van der Waals surface area contributed by atoms with Gasteiger partial charge in [-0.1, -0.05) is 34.1 Å². The predicted octanol–water partition coefficient (Wildman–Crippen LogP) is 3.45. The van der Waals surface area contributed by atoms with E-state index < -0.39 is 0 Å². The summed E-state index contributed by atoms with van der Waals surface area (Å²) >= 11 is 3.45. The van der Waals surface area contributed by atoms with E-state index in [9.17, 15) is 0 Å². The molecule has 0 amide bonds. The van der Waals surface area contributed by atoms with Crippen LogP contribution in [-0.4, -0.2) is 12.6 Å². The summed E-state index contributed by atoms with van der Waals surface area (Å²) in [6.07, 6.45) is 1.10. The Morgan fingerprint density at radius 1 is 1.26 bits per heavy atom. The van der Waals surface area contributed by atoms with Crippen molar-refractivity contribution in [3.8, 4) is 5.75 Å². The molecule has 98 valence electrons. The van der Waals surface area contributed by atoms with Crippen LogP contribution >= 0.6 is 15.9 Å². The molecule has 0 spiro atoms. The van der Waals surface area contributed by atoms with Crippen molar-refractivity contribution in [1.29, 1.82) is 0 Å². The Morgan fingerprint density at radius 2 is 2.11 bits per heavy atom. The summed E-state index contributed by atoms with van der Waals surface area (Å²) in [5.74, 6) is 0.997. The predicted molar refractivity (Wildman–Crippen MR) is 81.6 cm³/mol. The van der Waals surface area contributed by atoms with Crippen molar-refractivity contribution >= 4 is 27.3 Å². The summed E-state index contributed by atoms with van der Waals surface area (Å²) in [6, 6.07) is 14.0. The lowest BCUT2D eigenvalue weighted by Crippen LogP contribution is -2.24. The first kappa shape index (κ1) is 12.4. The van der Waals surface area contributed by atoms with Crippen LogP contribution in [0.2, 0.25) is 0 Å². The molecule has 1 unspecified atom stereocenters. The Labute approximate surface area is 120 Å². The van der Waals surface area contributed by atoms with E-state index in [0.717, 1.165) is 34.6 Å². The molecule has 0 bridgehead atoms. The van der Waals surface area contributed by atoms with Crippen LogP contribution in [0, 0.1) is 0 Å². The summed E-state index contributed by atoms with van der Waals surface area (Å²) in [6.45, 7) is 0.745. The van der Waals surface area contributed by atoms with Gasteiger partial charge in [0.25, 0.3) is 0 Å². The van der Waals surface area contributed by atoms with Crippen molar-refractivity contribution < 1.29 is 4.74 Å². The number of benzene rings is 2. The summed E-state index contributed by atoms with van der Waals surface area (Å²) in [5.41, 5.74) is 8.90. The minimum atomic E-state index is 0.163. The van der Waals surface area contributed by atoms with Crippen LogP contribution in [0.25, 0.3) is 0 Å². The molecule has 1 aliphatic rings. The fourth-order valence-corrected chi connectivity index (χ4v) is 2.63. The van der Waals surface area contributed by atoms with E-state index in [1.165, 1.54) is 5.56 Å². The van der Waals surface area contributed by atoms with Crippen LogP contribution in [0.1, 0.15) is 5.56 Å². The number of fused-ring (bicyclic) bond motifs is 1. The van der Waals surface area contributed by atoms with Crippen LogP contribution in [0.5, 0.6) is 5.75 Å². The highest BCUT2D eigenvalue weighted by molar-refractivity contribution is 9.10. The monoisotopic (exact) mass is 318 g/mol. The first-order chi connectivity index (χ1) is 9.22. The second kappa shape index (κ2) is 5.13. The first-order valence-electron chi connectivity index (χ1n) is 6.26. The SMILES string of the molecule is Nc1ccc(Br)cc1NCC1Cc2ccccc2O1. The molecule has 0 aromatic heterocycles. The summed E-state index contributed by atoms with van der Waals surface area (Å²) in [5, 5.41) is 3.35. The van der Waals surface area contributed by atoms with E-state index in [-0.39, 0.29) is 6.10 Å². The lowest BCUT2D eigenvalue weighted by molar-refractivity contribution is 0.246. The van der Waals surface area contributed by atoms with Gasteiger partial charge in [-0.25, -0.2) is 0 Å². The second-order valence-corrected chi connectivity index (χ2v) is 5.58. The number of hydrogen-bond donors (Lipinski definition) is 2. The van der Waals surface area contributed by atoms with Gasteiger partial charge in [0.05, 0.1) is 17.9 Å². The normalized spacial score (nSPS) is 16.8. The number of rotatable bonds is 3. The number of ether oxygens (including phenoxy) is 1. The maximum Gasteiger partial charge on any atom is 0.123 e. The standard InChI is InChI=1S/C15H15BrN2O/c16-11-5-6-13(17)14(8-11)18-9-12-7-10-3-1-2-4-15(10)19-12/h1-6,8,12,18H,7,9,17H2. The zero-order valence-electron chi connectivity index (χ0n) is 10.4. The van der Waals surface area contributed by atoms with Crippen molar-refractivity contribution in [3.63, 3.8) is 0 Å². The van der Waals surface area contributed by atoms with Gasteiger partial charge in [0, 0.05) is 10.9 Å². The van der Waals surface area contributed by atoms with Gasteiger partial charge < -0.3 is 15.8 Å². The molecule has 0 aliphatic carbocycles.